The lowest BCUT2D eigenvalue weighted by Gasteiger charge is -2.40. The summed E-state index contributed by atoms with van der Waals surface area (Å²) in [5, 5.41) is 0. The molecule has 0 N–H and O–H groups in total. The van der Waals surface area contributed by atoms with Gasteiger partial charge in [-0.1, -0.05) is 0 Å². The SMILES string of the molecule is CCOC(=O)[C@@]12CCCC3=C1N(CCC3)C(=O)[C@H]2CC(=O)N1CCOCC1. The van der Waals surface area contributed by atoms with Crippen LogP contribution in [0.1, 0.15) is 45.4 Å². The van der Waals surface area contributed by atoms with Crippen LogP contribution in [0.25, 0.3) is 0 Å². The number of nitrogens with zero attached hydrogens (tertiary/aromatic N) is 2. The lowest BCUT2D eigenvalue weighted by Crippen LogP contribution is -2.46. The molecule has 27 heavy (non-hydrogen) atoms. The van der Waals surface area contributed by atoms with Gasteiger partial charge >= 0.3 is 5.97 Å². The summed E-state index contributed by atoms with van der Waals surface area (Å²) in [7, 11) is 0. The van der Waals surface area contributed by atoms with Crippen LogP contribution in [0.4, 0.5) is 0 Å². The maximum Gasteiger partial charge on any atom is 0.318 e. The zero-order chi connectivity index (χ0) is 19.0. The van der Waals surface area contributed by atoms with E-state index >= 15 is 0 Å². The molecule has 0 spiro atoms. The van der Waals surface area contributed by atoms with E-state index in [1.807, 2.05) is 0 Å². The maximum atomic E-state index is 13.3. The highest BCUT2D eigenvalue weighted by Gasteiger charge is 2.63. The molecule has 0 radical (unpaired) electrons. The monoisotopic (exact) mass is 376 g/mol. The summed E-state index contributed by atoms with van der Waals surface area (Å²) >= 11 is 0. The van der Waals surface area contributed by atoms with E-state index in [2.05, 4.69) is 0 Å². The van der Waals surface area contributed by atoms with E-state index in [1.54, 1.807) is 16.7 Å². The molecule has 7 nitrogen and oxygen atoms in total. The molecule has 148 valence electrons. The molecule has 0 bridgehead atoms. The minimum absolute atomic E-state index is 0.0621. The fraction of sp³-hybridized carbons (Fsp3) is 0.750. The third-order valence-corrected chi connectivity index (χ3v) is 6.48. The second-order valence-electron chi connectivity index (χ2n) is 7.84. The zero-order valence-electron chi connectivity index (χ0n) is 16.0. The van der Waals surface area contributed by atoms with Gasteiger partial charge in [-0.25, -0.2) is 0 Å². The van der Waals surface area contributed by atoms with Gasteiger partial charge in [0.15, 0.2) is 0 Å². The first-order valence-corrected chi connectivity index (χ1v) is 10.2. The second kappa shape index (κ2) is 7.26. The van der Waals surface area contributed by atoms with Crippen LogP contribution in [0.3, 0.4) is 0 Å². The van der Waals surface area contributed by atoms with Crippen molar-refractivity contribution in [3.05, 3.63) is 11.3 Å². The highest BCUT2D eigenvalue weighted by atomic mass is 16.5. The number of amides is 2. The lowest BCUT2D eigenvalue weighted by molar-refractivity contribution is -0.159. The normalized spacial score (nSPS) is 30.4. The molecule has 7 heteroatoms. The minimum atomic E-state index is -0.969. The molecule has 2 fully saturated rings. The molecule has 4 aliphatic rings. The van der Waals surface area contributed by atoms with Gasteiger partial charge in [-0.3, -0.25) is 14.4 Å². The summed E-state index contributed by atoms with van der Waals surface area (Å²) in [6, 6.07) is 0. The summed E-state index contributed by atoms with van der Waals surface area (Å²) in [6.07, 6.45) is 4.32. The predicted molar refractivity (Wildman–Crippen MR) is 96.4 cm³/mol. The Labute approximate surface area is 159 Å². The number of ether oxygens (including phenoxy) is 2. The van der Waals surface area contributed by atoms with Gasteiger partial charge < -0.3 is 19.3 Å². The Kier molecular flexibility index (Phi) is 4.97. The van der Waals surface area contributed by atoms with Crippen LogP contribution in [0.2, 0.25) is 0 Å². The van der Waals surface area contributed by atoms with Crippen molar-refractivity contribution < 1.29 is 23.9 Å². The van der Waals surface area contributed by atoms with Crippen molar-refractivity contribution in [3.8, 4) is 0 Å². The number of hydrogen-bond donors (Lipinski definition) is 0. The van der Waals surface area contributed by atoms with E-state index in [4.69, 9.17) is 9.47 Å². The molecule has 0 saturated carbocycles. The molecular formula is C20H28N2O5. The van der Waals surface area contributed by atoms with Crippen molar-refractivity contribution in [2.75, 3.05) is 39.5 Å². The first-order chi connectivity index (χ1) is 13.1. The average Bonchev–Trinajstić information content (AvgIpc) is 2.94. The number of rotatable bonds is 4. The number of hydrogen-bond acceptors (Lipinski definition) is 5. The van der Waals surface area contributed by atoms with Gasteiger partial charge in [0.1, 0.15) is 5.41 Å². The number of morpholine rings is 1. The molecule has 1 aliphatic carbocycles. The summed E-state index contributed by atoms with van der Waals surface area (Å²) in [5.74, 6) is -1.10. The van der Waals surface area contributed by atoms with Gasteiger partial charge in [0.2, 0.25) is 11.8 Å². The smallest absolute Gasteiger partial charge is 0.318 e. The second-order valence-corrected chi connectivity index (χ2v) is 7.84. The number of allylic oxidation sites excluding steroid dienone is 1. The fourth-order valence-corrected chi connectivity index (χ4v) is 5.31. The molecule has 4 rings (SSSR count). The summed E-state index contributed by atoms with van der Waals surface area (Å²) < 4.78 is 10.8. The van der Waals surface area contributed by atoms with Crippen molar-refractivity contribution in [2.24, 2.45) is 11.3 Å². The maximum absolute atomic E-state index is 13.3. The lowest BCUT2D eigenvalue weighted by atomic mass is 9.65. The first kappa shape index (κ1) is 18.5. The van der Waals surface area contributed by atoms with Gasteiger partial charge in [-0.2, -0.15) is 0 Å². The van der Waals surface area contributed by atoms with Crippen LogP contribution >= 0.6 is 0 Å². The molecule has 3 heterocycles. The van der Waals surface area contributed by atoms with Crippen molar-refractivity contribution in [3.63, 3.8) is 0 Å². The van der Waals surface area contributed by atoms with Crippen LogP contribution in [0.5, 0.6) is 0 Å². The number of carbonyl (C=O) groups excluding carboxylic acids is 3. The molecule has 2 atom stereocenters. The van der Waals surface area contributed by atoms with E-state index in [0.29, 0.717) is 39.3 Å². The summed E-state index contributed by atoms with van der Waals surface area (Å²) in [5.41, 5.74) is 1.13. The standard InChI is InChI=1S/C20H28N2O5/c1-2-27-19(25)20-7-3-5-14-6-4-8-22(17(14)20)18(24)15(20)13-16(23)21-9-11-26-12-10-21/h15H,2-13H2,1H3/t15-,20-/m1/s1. The van der Waals surface area contributed by atoms with Crippen LogP contribution in [-0.4, -0.2) is 67.0 Å². The number of esters is 1. The van der Waals surface area contributed by atoms with Crippen LogP contribution in [-0.2, 0) is 23.9 Å². The Morgan fingerprint density at radius 2 is 1.93 bits per heavy atom. The third kappa shape index (κ3) is 2.87. The largest absolute Gasteiger partial charge is 0.465 e. The van der Waals surface area contributed by atoms with Crippen LogP contribution in [0, 0.1) is 11.3 Å². The van der Waals surface area contributed by atoms with Gasteiger partial charge in [-0.05, 0) is 44.6 Å². The Balaban J connectivity index is 1.70. The zero-order valence-corrected chi connectivity index (χ0v) is 16.0. The summed E-state index contributed by atoms with van der Waals surface area (Å²) in [4.78, 5) is 42.9. The van der Waals surface area contributed by atoms with Gasteiger partial charge in [0.25, 0.3) is 0 Å². The molecule has 0 aromatic carbocycles. The molecule has 3 aliphatic heterocycles. The van der Waals surface area contributed by atoms with Crippen molar-refractivity contribution in [1.29, 1.82) is 0 Å². The molecule has 0 aromatic heterocycles. The number of carbonyl (C=O) groups is 3. The first-order valence-electron chi connectivity index (χ1n) is 10.2. The molecular weight excluding hydrogens is 348 g/mol. The Morgan fingerprint density at radius 3 is 2.67 bits per heavy atom. The van der Waals surface area contributed by atoms with Gasteiger partial charge in [-0.15, -0.1) is 0 Å². The minimum Gasteiger partial charge on any atom is -0.465 e. The van der Waals surface area contributed by atoms with E-state index in [-0.39, 0.29) is 30.8 Å². The Morgan fingerprint density at radius 1 is 1.19 bits per heavy atom. The molecule has 2 amide bonds. The quantitative estimate of drug-likeness (QED) is 0.695. The molecule has 2 saturated heterocycles. The summed E-state index contributed by atoms with van der Waals surface area (Å²) in [6.45, 7) is 4.84. The highest BCUT2D eigenvalue weighted by molar-refractivity contribution is 5.99. The van der Waals surface area contributed by atoms with Crippen molar-refractivity contribution >= 4 is 17.8 Å². The van der Waals surface area contributed by atoms with Crippen LogP contribution < -0.4 is 0 Å². The predicted octanol–water partition coefficient (Wildman–Crippen LogP) is 1.47. The van der Waals surface area contributed by atoms with Crippen molar-refractivity contribution in [1.82, 2.24) is 9.80 Å². The van der Waals surface area contributed by atoms with E-state index in [0.717, 1.165) is 31.4 Å². The fourth-order valence-electron chi connectivity index (χ4n) is 5.31. The topological polar surface area (TPSA) is 76.2 Å². The molecule has 0 unspecified atom stereocenters. The molecule has 0 aromatic rings. The van der Waals surface area contributed by atoms with Crippen LogP contribution in [0.15, 0.2) is 11.3 Å². The Hall–Kier alpha value is -1.89. The third-order valence-electron chi connectivity index (χ3n) is 6.48. The van der Waals surface area contributed by atoms with E-state index in [1.165, 1.54) is 5.57 Å². The van der Waals surface area contributed by atoms with Crippen molar-refractivity contribution in [2.45, 2.75) is 45.4 Å². The van der Waals surface area contributed by atoms with E-state index in [9.17, 15) is 14.4 Å². The van der Waals surface area contributed by atoms with Gasteiger partial charge in [0.05, 0.1) is 25.7 Å². The Bertz CT molecular complexity index is 678. The average molecular weight is 376 g/mol. The highest BCUT2D eigenvalue weighted by Crippen LogP contribution is 2.57. The van der Waals surface area contributed by atoms with Gasteiger partial charge in [0, 0.05) is 31.8 Å². The van der Waals surface area contributed by atoms with E-state index < -0.39 is 11.3 Å².